The molecule has 2 aromatic rings. The van der Waals surface area contributed by atoms with Gasteiger partial charge < -0.3 is 5.32 Å². The van der Waals surface area contributed by atoms with E-state index in [-0.39, 0.29) is 5.91 Å². The summed E-state index contributed by atoms with van der Waals surface area (Å²) in [6.45, 7) is 2.78. The summed E-state index contributed by atoms with van der Waals surface area (Å²) in [6, 6.07) is 15.6. The average molecular weight is 255 g/mol. The highest BCUT2D eigenvalue weighted by Gasteiger charge is 2.02. The molecule has 0 unspecified atom stereocenters. The third kappa shape index (κ3) is 3.56. The number of hydrogen-bond donors (Lipinski definition) is 3. The molecule has 0 bridgehead atoms. The first-order chi connectivity index (χ1) is 9.19. The number of hydrazine groups is 1. The van der Waals surface area contributed by atoms with E-state index in [4.69, 9.17) is 5.84 Å². The van der Waals surface area contributed by atoms with E-state index in [2.05, 4.69) is 29.8 Å². The van der Waals surface area contributed by atoms with Crippen LogP contribution in [0.3, 0.4) is 0 Å². The first-order valence-corrected chi connectivity index (χ1v) is 6.09. The number of hydrogen-bond acceptors (Lipinski definition) is 3. The maximum atomic E-state index is 11.3. The Morgan fingerprint density at radius 2 is 1.68 bits per heavy atom. The molecule has 0 radical (unpaired) electrons. The van der Waals surface area contributed by atoms with Crippen molar-refractivity contribution in [2.24, 2.45) is 5.84 Å². The van der Waals surface area contributed by atoms with Crippen LogP contribution < -0.4 is 16.6 Å². The van der Waals surface area contributed by atoms with Gasteiger partial charge in [0.2, 0.25) is 0 Å². The van der Waals surface area contributed by atoms with Gasteiger partial charge in [-0.2, -0.15) is 0 Å². The van der Waals surface area contributed by atoms with Crippen LogP contribution in [-0.2, 0) is 6.54 Å². The lowest BCUT2D eigenvalue weighted by Crippen LogP contribution is -2.29. The zero-order chi connectivity index (χ0) is 13.7. The molecule has 2 rings (SSSR count). The summed E-state index contributed by atoms with van der Waals surface area (Å²) in [6.07, 6.45) is 0. The number of nitrogens with one attached hydrogen (secondary N) is 2. The van der Waals surface area contributed by atoms with E-state index in [0.29, 0.717) is 12.1 Å². The average Bonchev–Trinajstić information content (AvgIpc) is 2.46. The third-order valence-corrected chi connectivity index (χ3v) is 2.90. The van der Waals surface area contributed by atoms with Gasteiger partial charge in [-0.25, -0.2) is 5.84 Å². The Morgan fingerprint density at radius 1 is 1.05 bits per heavy atom. The molecular formula is C15H17N3O. The monoisotopic (exact) mass is 255 g/mol. The second kappa shape index (κ2) is 6.02. The summed E-state index contributed by atoms with van der Waals surface area (Å²) >= 11 is 0. The Morgan fingerprint density at radius 3 is 2.26 bits per heavy atom. The van der Waals surface area contributed by atoms with Crippen molar-refractivity contribution < 1.29 is 4.79 Å². The normalized spacial score (nSPS) is 10.0. The van der Waals surface area contributed by atoms with Gasteiger partial charge >= 0.3 is 0 Å². The molecule has 0 spiro atoms. The van der Waals surface area contributed by atoms with Crippen molar-refractivity contribution in [3.05, 3.63) is 65.2 Å². The number of anilines is 1. The Bertz CT molecular complexity index is 547. The number of carbonyl (C=O) groups excluding carboxylic acids is 1. The lowest BCUT2D eigenvalue weighted by molar-refractivity contribution is 0.0953. The number of carbonyl (C=O) groups is 1. The van der Waals surface area contributed by atoms with Gasteiger partial charge in [0, 0.05) is 17.8 Å². The van der Waals surface area contributed by atoms with Gasteiger partial charge in [-0.3, -0.25) is 10.2 Å². The molecule has 19 heavy (non-hydrogen) atoms. The largest absolute Gasteiger partial charge is 0.381 e. The van der Waals surface area contributed by atoms with Crippen molar-refractivity contribution in [3.63, 3.8) is 0 Å². The predicted octanol–water partition coefficient (Wildman–Crippen LogP) is 2.21. The number of amides is 1. The highest BCUT2D eigenvalue weighted by Crippen LogP contribution is 2.11. The van der Waals surface area contributed by atoms with Gasteiger partial charge in [-0.15, -0.1) is 0 Å². The maximum Gasteiger partial charge on any atom is 0.265 e. The number of benzene rings is 2. The second-order valence-electron chi connectivity index (χ2n) is 4.39. The van der Waals surface area contributed by atoms with Crippen molar-refractivity contribution in [1.29, 1.82) is 0 Å². The molecule has 0 saturated carbocycles. The van der Waals surface area contributed by atoms with Crippen LogP contribution in [0.1, 0.15) is 21.5 Å². The van der Waals surface area contributed by atoms with E-state index >= 15 is 0 Å². The minimum absolute atomic E-state index is 0.280. The summed E-state index contributed by atoms with van der Waals surface area (Å²) in [5, 5.41) is 3.33. The van der Waals surface area contributed by atoms with Gasteiger partial charge in [-0.1, -0.05) is 29.8 Å². The minimum Gasteiger partial charge on any atom is -0.381 e. The van der Waals surface area contributed by atoms with Gasteiger partial charge in [0.05, 0.1) is 0 Å². The summed E-state index contributed by atoms with van der Waals surface area (Å²) in [5.74, 6) is 4.80. The van der Waals surface area contributed by atoms with Crippen LogP contribution in [0.25, 0.3) is 0 Å². The van der Waals surface area contributed by atoms with Crippen LogP contribution in [-0.4, -0.2) is 5.91 Å². The van der Waals surface area contributed by atoms with E-state index in [9.17, 15) is 4.79 Å². The molecule has 0 fully saturated rings. The molecule has 4 N–H and O–H groups in total. The molecule has 0 aliphatic carbocycles. The highest BCUT2D eigenvalue weighted by atomic mass is 16.2. The van der Waals surface area contributed by atoms with E-state index in [1.165, 1.54) is 5.56 Å². The molecular weight excluding hydrogens is 238 g/mol. The van der Waals surface area contributed by atoms with Gasteiger partial charge in [-0.05, 0) is 36.8 Å². The molecule has 0 aromatic heterocycles. The van der Waals surface area contributed by atoms with Crippen molar-refractivity contribution in [2.45, 2.75) is 13.5 Å². The van der Waals surface area contributed by atoms with E-state index in [1.807, 2.05) is 24.3 Å². The summed E-state index contributed by atoms with van der Waals surface area (Å²) in [4.78, 5) is 11.3. The van der Waals surface area contributed by atoms with E-state index in [0.717, 1.165) is 11.3 Å². The van der Waals surface area contributed by atoms with Crippen LogP contribution in [0, 0.1) is 6.92 Å². The third-order valence-electron chi connectivity index (χ3n) is 2.90. The molecule has 0 atom stereocenters. The molecule has 1 amide bonds. The first kappa shape index (κ1) is 13.1. The number of nitrogens with two attached hydrogens (primary N) is 1. The predicted molar refractivity (Wildman–Crippen MR) is 76.6 cm³/mol. The summed E-state index contributed by atoms with van der Waals surface area (Å²) in [7, 11) is 0. The molecule has 98 valence electrons. The number of nitrogen functional groups attached to an aromatic ring is 1. The van der Waals surface area contributed by atoms with Gasteiger partial charge in [0.25, 0.3) is 5.91 Å². The second-order valence-corrected chi connectivity index (χ2v) is 4.39. The van der Waals surface area contributed by atoms with Crippen LogP contribution in [0.4, 0.5) is 5.69 Å². The minimum atomic E-state index is -0.280. The van der Waals surface area contributed by atoms with Gasteiger partial charge in [0.1, 0.15) is 0 Å². The van der Waals surface area contributed by atoms with E-state index in [1.54, 1.807) is 12.1 Å². The van der Waals surface area contributed by atoms with Gasteiger partial charge in [0.15, 0.2) is 0 Å². The lowest BCUT2D eigenvalue weighted by atomic mass is 10.1. The summed E-state index contributed by atoms with van der Waals surface area (Å²) in [5.41, 5.74) is 6.09. The molecule has 4 heteroatoms. The molecule has 0 heterocycles. The van der Waals surface area contributed by atoms with Crippen LogP contribution in [0.15, 0.2) is 48.5 Å². The fraction of sp³-hybridized carbons (Fsp3) is 0.133. The van der Waals surface area contributed by atoms with Crippen molar-refractivity contribution in [1.82, 2.24) is 5.43 Å². The van der Waals surface area contributed by atoms with Crippen molar-refractivity contribution in [2.75, 3.05) is 5.32 Å². The van der Waals surface area contributed by atoms with Crippen LogP contribution in [0.2, 0.25) is 0 Å². The Kier molecular flexibility index (Phi) is 4.15. The fourth-order valence-electron chi connectivity index (χ4n) is 1.73. The summed E-state index contributed by atoms with van der Waals surface area (Å²) < 4.78 is 0. The molecule has 4 nitrogen and oxygen atoms in total. The Balaban J connectivity index is 1.96. The van der Waals surface area contributed by atoms with E-state index < -0.39 is 0 Å². The quantitative estimate of drug-likeness (QED) is 0.446. The van der Waals surface area contributed by atoms with Crippen LogP contribution in [0.5, 0.6) is 0 Å². The highest BCUT2D eigenvalue weighted by molar-refractivity contribution is 5.93. The fourth-order valence-corrected chi connectivity index (χ4v) is 1.73. The van der Waals surface area contributed by atoms with Crippen LogP contribution >= 0.6 is 0 Å². The zero-order valence-corrected chi connectivity index (χ0v) is 10.8. The van der Waals surface area contributed by atoms with Crippen molar-refractivity contribution in [3.8, 4) is 0 Å². The molecule has 2 aromatic carbocycles. The molecule has 0 aliphatic heterocycles. The SMILES string of the molecule is Cc1ccc(NCc2ccc(C(=O)NN)cc2)cc1. The number of rotatable bonds is 4. The lowest BCUT2D eigenvalue weighted by Gasteiger charge is -2.07. The topological polar surface area (TPSA) is 67.2 Å². The van der Waals surface area contributed by atoms with Crippen molar-refractivity contribution >= 4 is 11.6 Å². The smallest absolute Gasteiger partial charge is 0.265 e. The maximum absolute atomic E-state index is 11.3. The zero-order valence-electron chi connectivity index (χ0n) is 10.8. The standard InChI is InChI=1S/C15H17N3O/c1-11-2-8-14(9-3-11)17-10-12-4-6-13(7-5-12)15(19)18-16/h2-9,17H,10,16H2,1H3,(H,18,19). The Labute approximate surface area is 112 Å². The molecule has 0 saturated heterocycles. The first-order valence-electron chi connectivity index (χ1n) is 6.09. The molecule has 0 aliphatic rings. The Hall–Kier alpha value is -2.33. The number of aryl methyl sites for hydroxylation is 1.